The molecule has 5 nitrogen and oxygen atoms in total. The molecule has 0 aromatic carbocycles. The van der Waals surface area contributed by atoms with Crippen molar-refractivity contribution in [2.75, 3.05) is 5.73 Å². The maximum absolute atomic E-state index is 11.7. The lowest BCUT2D eigenvalue weighted by molar-refractivity contribution is 0.246. The molecule has 1 aliphatic carbocycles. The van der Waals surface area contributed by atoms with E-state index in [-0.39, 0.29) is 5.82 Å². The molecule has 1 aromatic rings. The van der Waals surface area contributed by atoms with Gasteiger partial charge >= 0.3 is 5.69 Å². The van der Waals surface area contributed by atoms with E-state index in [1.54, 1.807) is 0 Å². The van der Waals surface area contributed by atoms with Gasteiger partial charge < -0.3 is 5.73 Å². The minimum atomic E-state index is -0.427. The number of hydrogen-bond acceptors (Lipinski definition) is 3. The quantitative estimate of drug-likeness (QED) is 0.850. The Morgan fingerprint density at radius 2 is 1.89 bits per heavy atom. The van der Waals surface area contributed by atoms with Crippen LogP contribution < -0.4 is 17.0 Å². The first-order valence-electron chi connectivity index (χ1n) is 6.69. The highest BCUT2D eigenvalue weighted by molar-refractivity contribution is 5.26. The van der Waals surface area contributed by atoms with Crippen LogP contribution >= 0.6 is 0 Å². The number of rotatable bonds is 3. The largest absolute Gasteiger partial charge is 0.385 e. The van der Waals surface area contributed by atoms with E-state index in [1.165, 1.54) is 29.9 Å². The van der Waals surface area contributed by atoms with Crippen molar-refractivity contribution in [3.05, 3.63) is 26.9 Å². The van der Waals surface area contributed by atoms with Crippen molar-refractivity contribution in [2.24, 2.45) is 11.8 Å². The molecule has 1 heterocycles. The zero-order valence-electron chi connectivity index (χ0n) is 10.8. The summed E-state index contributed by atoms with van der Waals surface area (Å²) in [5, 5.41) is 0. The first-order chi connectivity index (χ1) is 8.60. The normalized spacial score (nSPS) is 24.1. The third-order valence-electron chi connectivity index (χ3n) is 4.05. The second kappa shape index (κ2) is 5.42. The van der Waals surface area contributed by atoms with Gasteiger partial charge in [-0.1, -0.05) is 26.2 Å². The van der Waals surface area contributed by atoms with Gasteiger partial charge in [0, 0.05) is 12.6 Å². The second-order valence-corrected chi connectivity index (χ2v) is 5.27. The highest BCUT2D eigenvalue weighted by Gasteiger charge is 2.21. The summed E-state index contributed by atoms with van der Waals surface area (Å²) in [6.07, 6.45) is 6.00. The highest BCUT2D eigenvalue weighted by atomic mass is 16.2. The fourth-order valence-electron chi connectivity index (χ4n) is 2.81. The predicted molar refractivity (Wildman–Crippen MR) is 71.5 cm³/mol. The third-order valence-corrected chi connectivity index (χ3v) is 4.05. The number of hydrogen-bond donors (Lipinski definition) is 2. The highest BCUT2D eigenvalue weighted by Crippen LogP contribution is 2.31. The summed E-state index contributed by atoms with van der Waals surface area (Å²) in [4.78, 5) is 25.0. The molecule has 0 atom stereocenters. The Morgan fingerprint density at radius 3 is 2.44 bits per heavy atom. The molecule has 100 valence electrons. The zero-order chi connectivity index (χ0) is 13.1. The third kappa shape index (κ3) is 2.83. The number of aromatic amines is 1. The number of anilines is 1. The fraction of sp³-hybridized carbons (Fsp3) is 0.692. The molecule has 5 heteroatoms. The minimum Gasteiger partial charge on any atom is -0.385 e. The van der Waals surface area contributed by atoms with Crippen LogP contribution in [-0.4, -0.2) is 9.55 Å². The molecule has 0 spiro atoms. The van der Waals surface area contributed by atoms with E-state index < -0.39 is 11.2 Å². The van der Waals surface area contributed by atoms with Gasteiger partial charge in [0.15, 0.2) is 0 Å². The molecule has 1 aliphatic rings. The molecule has 0 unspecified atom stereocenters. The number of nitrogens with two attached hydrogens (primary N) is 1. The van der Waals surface area contributed by atoms with Gasteiger partial charge in [-0.15, -0.1) is 0 Å². The molecular formula is C13H21N3O2. The number of nitrogen functional groups attached to an aromatic ring is 1. The molecule has 0 bridgehead atoms. The van der Waals surface area contributed by atoms with E-state index in [4.69, 9.17) is 5.73 Å². The Balaban J connectivity index is 2.07. The Bertz CT molecular complexity index is 510. The molecule has 0 saturated heterocycles. The molecule has 1 fully saturated rings. The van der Waals surface area contributed by atoms with Crippen LogP contribution in [0.1, 0.15) is 39.0 Å². The van der Waals surface area contributed by atoms with Crippen LogP contribution in [0, 0.1) is 11.8 Å². The van der Waals surface area contributed by atoms with Crippen LogP contribution in [0.15, 0.2) is 15.7 Å². The molecule has 18 heavy (non-hydrogen) atoms. The lowest BCUT2D eigenvalue weighted by atomic mass is 9.81. The summed E-state index contributed by atoms with van der Waals surface area (Å²) in [6, 6.07) is 1.28. The Morgan fingerprint density at radius 1 is 1.28 bits per heavy atom. The molecule has 1 aromatic heterocycles. The molecule has 2 rings (SSSR count). The van der Waals surface area contributed by atoms with Crippen LogP contribution in [0.5, 0.6) is 0 Å². The summed E-state index contributed by atoms with van der Waals surface area (Å²) in [7, 11) is 0. The topological polar surface area (TPSA) is 80.9 Å². The average molecular weight is 251 g/mol. The monoisotopic (exact) mass is 251 g/mol. The number of H-pyrrole nitrogens is 1. The van der Waals surface area contributed by atoms with Gasteiger partial charge in [0.25, 0.3) is 5.56 Å². The van der Waals surface area contributed by atoms with E-state index in [2.05, 4.69) is 11.9 Å². The predicted octanol–water partition coefficient (Wildman–Crippen LogP) is 1.34. The maximum Gasteiger partial charge on any atom is 0.329 e. The van der Waals surface area contributed by atoms with Crippen molar-refractivity contribution >= 4 is 5.82 Å². The molecule has 0 amide bonds. The Hall–Kier alpha value is -1.52. The van der Waals surface area contributed by atoms with Crippen LogP contribution in [-0.2, 0) is 6.54 Å². The van der Waals surface area contributed by atoms with Gasteiger partial charge in [-0.3, -0.25) is 14.3 Å². The van der Waals surface area contributed by atoms with Crippen LogP contribution in [0.25, 0.3) is 0 Å². The van der Waals surface area contributed by atoms with Crippen molar-refractivity contribution in [3.63, 3.8) is 0 Å². The number of aromatic nitrogens is 2. The van der Waals surface area contributed by atoms with Crippen LogP contribution in [0.2, 0.25) is 0 Å². The first-order valence-corrected chi connectivity index (χ1v) is 6.69. The zero-order valence-corrected chi connectivity index (χ0v) is 10.8. The lowest BCUT2D eigenvalue weighted by Gasteiger charge is -2.28. The van der Waals surface area contributed by atoms with Crippen molar-refractivity contribution in [3.8, 4) is 0 Å². The average Bonchev–Trinajstić information content (AvgIpc) is 2.34. The standard InChI is InChI=1S/C13H21N3O2/c1-2-9-3-5-10(6-4-9)8-16-11(14)7-12(17)15-13(16)18/h7,9-10H,2-6,8,14H2,1H3,(H,15,17,18). The van der Waals surface area contributed by atoms with Crippen molar-refractivity contribution in [1.82, 2.24) is 9.55 Å². The van der Waals surface area contributed by atoms with E-state index in [0.29, 0.717) is 12.5 Å². The molecule has 0 aliphatic heterocycles. The summed E-state index contributed by atoms with van der Waals surface area (Å²) in [5.74, 6) is 1.60. The number of nitrogens with one attached hydrogen (secondary N) is 1. The number of nitrogens with zero attached hydrogens (tertiary/aromatic N) is 1. The summed E-state index contributed by atoms with van der Waals surface area (Å²) in [5.41, 5.74) is 4.92. The van der Waals surface area contributed by atoms with Crippen LogP contribution in [0.4, 0.5) is 5.82 Å². The molecule has 1 saturated carbocycles. The van der Waals surface area contributed by atoms with Gasteiger partial charge in [0.1, 0.15) is 5.82 Å². The smallest absolute Gasteiger partial charge is 0.329 e. The van der Waals surface area contributed by atoms with E-state index >= 15 is 0 Å². The van der Waals surface area contributed by atoms with Crippen LogP contribution in [0.3, 0.4) is 0 Å². The fourth-order valence-corrected chi connectivity index (χ4v) is 2.81. The maximum atomic E-state index is 11.7. The van der Waals surface area contributed by atoms with Crippen molar-refractivity contribution < 1.29 is 0 Å². The summed E-state index contributed by atoms with van der Waals surface area (Å²) < 4.78 is 1.48. The SMILES string of the molecule is CCC1CCC(Cn2c(N)cc(=O)[nH]c2=O)CC1. The van der Waals surface area contributed by atoms with E-state index in [1.807, 2.05) is 0 Å². The lowest BCUT2D eigenvalue weighted by Crippen LogP contribution is -2.34. The summed E-state index contributed by atoms with van der Waals surface area (Å²) in [6.45, 7) is 2.85. The van der Waals surface area contributed by atoms with Gasteiger partial charge in [-0.25, -0.2) is 4.79 Å². The second-order valence-electron chi connectivity index (χ2n) is 5.27. The van der Waals surface area contributed by atoms with Gasteiger partial charge in [-0.05, 0) is 24.7 Å². The van der Waals surface area contributed by atoms with E-state index in [9.17, 15) is 9.59 Å². The van der Waals surface area contributed by atoms with Gasteiger partial charge in [0.2, 0.25) is 0 Å². The minimum absolute atomic E-state index is 0.265. The molecular weight excluding hydrogens is 230 g/mol. The van der Waals surface area contributed by atoms with Crippen molar-refractivity contribution in [1.29, 1.82) is 0 Å². The van der Waals surface area contributed by atoms with E-state index in [0.717, 1.165) is 18.8 Å². The van der Waals surface area contributed by atoms with Crippen molar-refractivity contribution in [2.45, 2.75) is 45.6 Å². The first kappa shape index (κ1) is 12.9. The molecule has 0 radical (unpaired) electrons. The van der Waals surface area contributed by atoms with Gasteiger partial charge in [0.05, 0.1) is 0 Å². The Labute approximate surface area is 106 Å². The van der Waals surface area contributed by atoms with Gasteiger partial charge in [-0.2, -0.15) is 0 Å². The molecule has 3 N–H and O–H groups in total. The Kier molecular flexibility index (Phi) is 3.89. The summed E-state index contributed by atoms with van der Waals surface area (Å²) >= 11 is 0.